The first-order valence-corrected chi connectivity index (χ1v) is 7.02. The number of aliphatic hydroxyl groups is 1. The molecule has 0 amide bonds. The minimum Gasteiger partial charge on any atom is -0.396 e. The van der Waals surface area contributed by atoms with Gasteiger partial charge in [0.15, 0.2) is 0 Å². The van der Waals surface area contributed by atoms with E-state index in [9.17, 15) is 0 Å². The van der Waals surface area contributed by atoms with Gasteiger partial charge in [-0.25, -0.2) is 0 Å². The Kier molecular flexibility index (Phi) is 5.29. The molecule has 1 aromatic rings. The molecule has 0 saturated carbocycles. The van der Waals surface area contributed by atoms with Gasteiger partial charge < -0.3 is 10.0 Å². The molecule has 18 heavy (non-hydrogen) atoms. The molecule has 0 aliphatic carbocycles. The first-order chi connectivity index (χ1) is 8.81. The van der Waals surface area contributed by atoms with E-state index in [0.717, 1.165) is 56.3 Å². The summed E-state index contributed by atoms with van der Waals surface area (Å²) in [5.74, 6) is 0. The molecule has 1 fully saturated rings. The van der Waals surface area contributed by atoms with E-state index in [1.54, 1.807) is 0 Å². The van der Waals surface area contributed by atoms with E-state index in [1.807, 2.05) is 18.2 Å². The molecule has 2 rings (SSSR count). The molecule has 1 aliphatic rings. The van der Waals surface area contributed by atoms with Crippen LogP contribution in [0.2, 0.25) is 5.02 Å². The second-order valence-corrected chi connectivity index (χ2v) is 5.12. The molecule has 0 radical (unpaired) electrons. The van der Waals surface area contributed by atoms with Crippen molar-refractivity contribution in [1.82, 2.24) is 4.90 Å². The van der Waals surface area contributed by atoms with Crippen molar-refractivity contribution < 1.29 is 5.11 Å². The van der Waals surface area contributed by atoms with Crippen LogP contribution in [0.4, 0.5) is 5.69 Å². The van der Waals surface area contributed by atoms with Crippen LogP contribution in [-0.2, 0) is 0 Å². The molecule has 1 aromatic carbocycles. The number of benzene rings is 1. The van der Waals surface area contributed by atoms with Gasteiger partial charge in [0, 0.05) is 32.8 Å². The Morgan fingerprint density at radius 3 is 2.44 bits per heavy atom. The monoisotopic (exact) mass is 268 g/mol. The molecule has 0 spiro atoms. The number of para-hydroxylation sites is 1. The third kappa shape index (κ3) is 3.61. The van der Waals surface area contributed by atoms with Crippen molar-refractivity contribution in [1.29, 1.82) is 0 Å². The van der Waals surface area contributed by atoms with E-state index in [0.29, 0.717) is 6.61 Å². The van der Waals surface area contributed by atoms with Crippen LogP contribution in [0, 0.1) is 0 Å². The highest BCUT2D eigenvalue weighted by molar-refractivity contribution is 6.33. The van der Waals surface area contributed by atoms with Gasteiger partial charge in [0.1, 0.15) is 0 Å². The molecule has 1 N–H and O–H groups in total. The van der Waals surface area contributed by atoms with Crippen molar-refractivity contribution in [3.05, 3.63) is 29.3 Å². The van der Waals surface area contributed by atoms with Gasteiger partial charge >= 0.3 is 0 Å². The number of hydrogen-bond acceptors (Lipinski definition) is 3. The second kappa shape index (κ2) is 6.98. The van der Waals surface area contributed by atoms with E-state index in [-0.39, 0.29) is 0 Å². The third-order valence-electron chi connectivity index (χ3n) is 3.45. The quantitative estimate of drug-likeness (QED) is 0.830. The highest BCUT2D eigenvalue weighted by Gasteiger charge is 2.17. The maximum absolute atomic E-state index is 8.78. The normalized spacial score (nSPS) is 17.1. The highest BCUT2D eigenvalue weighted by Crippen LogP contribution is 2.25. The fourth-order valence-electron chi connectivity index (χ4n) is 2.37. The first kappa shape index (κ1) is 13.7. The third-order valence-corrected chi connectivity index (χ3v) is 3.77. The summed E-state index contributed by atoms with van der Waals surface area (Å²) in [5.41, 5.74) is 1.15. The standard InChI is InChI=1S/C14H21ClN2O/c15-13-5-1-2-6-14(13)17-10-8-16(9-11-17)7-3-4-12-18/h1-2,5-6,18H,3-4,7-12H2. The van der Waals surface area contributed by atoms with Gasteiger partial charge in [-0.2, -0.15) is 0 Å². The zero-order valence-corrected chi connectivity index (χ0v) is 11.4. The van der Waals surface area contributed by atoms with E-state index < -0.39 is 0 Å². The average molecular weight is 269 g/mol. The van der Waals surface area contributed by atoms with Crippen LogP contribution in [-0.4, -0.2) is 49.3 Å². The average Bonchev–Trinajstić information content (AvgIpc) is 2.41. The SMILES string of the molecule is OCCCCN1CCN(c2ccccc2Cl)CC1. The lowest BCUT2D eigenvalue weighted by Gasteiger charge is -2.36. The van der Waals surface area contributed by atoms with Crippen molar-refractivity contribution in [2.45, 2.75) is 12.8 Å². The predicted molar refractivity (Wildman–Crippen MR) is 76.4 cm³/mol. The summed E-state index contributed by atoms with van der Waals surface area (Å²) >= 11 is 6.21. The molecule has 3 nitrogen and oxygen atoms in total. The summed E-state index contributed by atoms with van der Waals surface area (Å²) in [6.07, 6.45) is 1.99. The number of aliphatic hydroxyl groups excluding tert-OH is 1. The molecular formula is C14H21ClN2O. The molecule has 100 valence electrons. The first-order valence-electron chi connectivity index (χ1n) is 6.64. The van der Waals surface area contributed by atoms with Crippen LogP contribution < -0.4 is 4.90 Å². The molecule has 0 bridgehead atoms. The Bertz CT molecular complexity index is 365. The van der Waals surface area contributed by atoms with Crippen molar-refractivity contribution in [2.24, 2.45) is 0 Å². The molecular weight excluding hydrogens is 248 g/mol. The minimum absolute atomic E-state index is 0.305. The maximum Gasteiger partial charge on any atom is 0.0639 e. The molecule has 4 heteroatoms. The maximum atomic E-state index is 8.78. The topological polar surface area (TPSA) is 26.7 Å². The Morgan fingerprint density at radius 1 is 1.06 bits per heavy atom. The number of piperazine rings is 1. The highest BCUT2D eigenvalue weighted by atomic mass is 35.5. The summed E-state index contributed by atoms with van der Waals surface area (Å²) in [6, 6.07) is 8.04. The number of hydrogen-bond donors (Lipinski definition) is 1. The van der Waals surface area contributed by atoms with E-state index in [1.165, 1.54) is 0 Å². The summed E-state index contributed by atoms with van der Waals surface area (Å²) in [4.78, 5) is 4.81. The van der Waals surface area contributed by atoms with Gasteiger partial charge in [-0.1, -0.05) is 23.7 Å². The number of anilines is 1. The number of unbranched alkanes of at least 4 members (excludes halogenated alkanes) is 1. The fourth-order valence-corrected chi connectivity index (χ4v) is 2.62. The van der Waals surface area contributed by atoms with E-state index >= 15 is 0 Å². The van der Waals surface area contributed by atoms with Gasteiger partial charge in [-0.3, -0.25) is 4.90 Å². The molecule has 0 aromatic heterocycles. The Morgan fingerprint density at radius 2 is 1.78 bits per heavy atom. The fraction of sp³-hybridized carbons (Fsp3) is 0.571. The molecule has 1 saturated heterocycles. The Labute approximate surface area is 114 Å². The smallest absolute Gasteiger partial charge is 0.0639 e. The van der Waals surface area contributed by atoms with E-state index in [4.69, 9.17) is 16.7 Å². The van der Waals surface area contributed by atoms with Crippen LogP contribution in [0.15, 0.2) is 24.3 Å². The van der Waals surface area contributed by atoms with Crippen molar-refractivity contribution in [2.75, 3.05) is 44.2 Å². The van der Waals surface area contributed by atoms with Gasteiger partial charge in [0.05, 0.1) is 10.7 Å². The van der Waals surface area contributed by atoms with Crippen LogP contribution in [0.25, 0.3) is 0 Å². The van der Waals surface area contributed by atoms with Gasteiger partial charge in [0.25, 0.3) is 0 Å². The second-order valence-electron chi connectivity index (χ2n) is 4.71. The van der Waals surface area contributed by atoms with E-state index in [2.05, 4.69) is 15.9 Å². The zero-order valence-electron chi connectivity index (χ0n) is 10.7. The van der Waals surface area contributed by atoms with Crippen LogP contribution in [0.3, 0.4) is 0 Å². The van der Waals surface area contributed by atoms with Crippen molar-refractivity contribution in [3.63, 3.8) is 0 Å². The lowest BCUT2D eigenvalue weighted by atomic mass is 10.2. The van der Waals surface area contributed by atoms with Crippen molar-refractivity contribution in [3.8, 4) is 0 Å². The van der Waals surface area contributed by atoms with Gasteiger partial charge in [-0.05, 0) is 31.5 Å². The summed E-state index contributed by atoms with van der Waals surface area (Å²) in [7, 11) is 0. The van der Waals surface area contributed by atoms with Crippen LogP contribution in [0.1, 0.15) is 12.8 Å². The Hall–Kier alpha value is -0.770. The van der Waals surface area contributed by atoms with Gasteiger partial charge in [0.2, 0.25) is 0 Å². The van der Waals surface area contributed by atoms with Crippen molar-refractivity contribution >= 4 is 17.3 Å². The summed E-state index contributed by atoms with van der Waals surface area (Å²) in [6.45, 7) is 5.62. The van der Waals surface area contributed by atoms with Crippen LogP contribution >= 0.6 is 11.6 Å². The zero-order chi connectivity index (χ0) is 12.8. The molecule has 0 atom stereocenters. The number of rotatable bonds is 5. The molecule has 1 aliphatic heterocycles. The minimum atomic E-state index is 0.305. The largest absolute Gasteiger partial charge is 0.396 e. The Balaban J connectivity index is 1.81. The predicted octanol–water partition coefficient (Wildman–Crippen LogP) is 2.23. The molecule has 1 heterocycles. The number of halogens is 1. The number of nitrogens with zero attached hydrogens (tertiary/aromatic N) is 2. The summed E-state index contributed by atoms with van der Waals surface area (Å²) in [5, 5.41) is 9.61. The molecule has 0 unspecified atom stereocenters. The lowest BCUT2D eigenvalue weighted by molar-refractivity contribution is 0.232. The lowest BCUT2D eigenvalue weighted by Crippen LogP contribution is -2.46. The van der Waals surface area contributed by atoms with Crippen LogP contribution in [0.5, 0.6) is 0 Å². The summed E-state index contributed by atoms with van der Waals surface area (Å²) < 4.78 is 0. The van der Waals surface area contributed by atoms with Gasteiger partial charge in [-0.15, -0.1) is 0 Å².